The van der Waals surface area contributed by atoms with Gasteiger partial charge < -0.3 is 0 Å². The molecule has 2 rings (SSSR count). The molecule has 0 unspecified atom stereocenters. The Balaban J connectivity index is 2.39. The Morgan fingerprint density at radius 2 is 1.65 bits per heavy atom. The Morgan fingerprint density at radius 1 is 1.09 bits per heavy atom. The molecule has 120 valence electrons. The second-order valence-electron chi connectivity index (χ2n) is 4.25. The second kappa shape index (κ2) is 7.32. The summed E-state index contributed by atoms with van der Waals surface area (Å²) in [5.74, 6) is -3.80. The van der Waals surface area contributed by atoms with E-state index in [2.05, 4.69) is 5.10 Å². The lowest BCUT2D eigenvalue weighted by Crippen LogP contribution is -2.10. The normalized spacial score (nSPS) is 12.0. The summed E-state index contributed by atoms with van der Waals surface area (Å²) >= 11 is 17.5. The fourth-order valence-corrected chi connectivity index (χ4v) is 3.24. The van der Waals surface area contributed by atoms with E-state index in [4.69, 9.17) is 34.1 Å². The van der Waals surface area contributed by atoms with Crippen LogP contribution in [0.5, 0.6) is 0 Å². The van der Waals surface area contributed by atoms with E-state index in [1.165, 1.54) is 24.3 Å². The number of hydrogen-bond donors (Lipinski definition) is 0. The summed E-state index contributed by atoms with van der Waals surface area (Å²) in [6.07, 6.45) is 0. The molecule has 0 bridgehead atoms. The van der Waals surface area contributed by atoms with Crippen LogP contribution in [-0.4, -0.2) is 10.1 Å². The van der Waals surface area contributed by atoms with Crippen molar-refractivity contribution < 1.29 is 9.49 Å². The summed E-state index contributed by atoms with van der Waals surface area (Å²) in [6.45, 7) is 0. The molecule has 0 aliphatic heterocycles. The maximum atomic E-state index is 12.0. The molecule has 0 atom stereocenters. The first kappa shape index (κ1) is 17.8. The lowest BCUT2D eigenvalue weighted by Gasteiger charge is -2.19. The number of nitro groups is 1. The Bertz CT molecular complexity index is 778. The molecule has 0 spiro atoms. The van der Waals surface area contributed by atoms with E-state index in [0.29, 0.717) is 11.3 Å². The summed E-state index contributed by atoms with van der Waals surface area (Å²) in [5.41, 5.74) is 0.694. The van der Waals surface area contributed by atoms with Gasteiger partial charge >= 0.3 is 6.00 Å². The minimum Gasteiger partial charge on any atom is -0.262 e. The first-order valence-corrected chi connectivity index (χ1v) is 9.98. The molecule has 10 heteroatoms. The number of para-hydroxylation sites is 1. The van der Waals surface area contributed by atoms with Crippen molar-refractivity contribution in [2.75, 3.05) is 4.78 Å². The first-order valence-electron chi connectivity index (χ1n) is 6.13. The molecule has 0 aromatic heterocycles. The third kappa shape index (κ3) is 4.69. The van der Waals surface area contributed by atoms with Gasteiger partial charge in [0.05, 0.1) is 10.6 Å². The minimum atomic E-state index is -3.80. The van der Waals surface area contributed by atoms with E-state index in [1.807, 2.05) is 0 Å². The zero-order valence-electron chi connectivity index (χ0n) is 11.3. The van der Waals surface area contributed by atoms with Crippen LogP contribution in [-0.2, 0) is 4.57 Å². The van der Waals surface area contributed by atoms with Crippen molar-refractivity contribution in [2.45, 2.75) is 0 Å². The number of anilines is 1. The quantitative estimate of drug-likeness (QED) is 0.288. The third-order valence-electron chi connectivity index (χ3n) is 2.71. The van der Waals surface area contributed by atoms with Crippen LogP contribution in [0.1, 0.15) is 5.56 Å². The fraction of sp³-hybridized carbons (Fsp3) is 0. The van der Waals surface area contributed by atoms with E-state index in [0.717, 1.165) is 4.78 Å². The van der Waals surface area contributed by atoms with Crippen molar-refractivity contribution in [3.63, 3.8) is 0 Å². The number of non-ortho nitro benzene ring substituents is 1. The maximum absolute atomic E-state index is 12.0. The van der Waals surface area contributed by atoms with E-state index < -0.39 is 10.9 Å². The number of benzene rings is 2. The topological polar surface area (TPSA) is 75.8 Å². The molecule has 0 aliphatic rings. The summed E-state index contributed by atoms with van der Waals surface area (Å²) in [7, 11) is 0. The predicted octanol–water partition coefficient (Wildman–Crippen LogP) is 5.59. The third-order valence-corrected chi connectivity index (χ3v) is 4.62. The number of hydrogen-bond acceptors (Lipinski definition) is 4. The molecule has 6 nitrogen and oxygen atoms in total. The van der Waals surface area contributed by atoms with Gasteiger partial charge in [-0.15, -0.1) is 0 Å². The molecule has 2 aromatic rings. The number of nitro benzene ring substituents is 1. The molecule has 2 aromatic carbocycles. The highest BCUT2D eigenvalue weighted by Crippen LogP contribution is 2.61. The Kier molecular flexibility index (Phi) is 5.65. The zero-order valence-corrected chi connectivity index (χ0v) is 14.5. The van der Waals surface area contributed by atoms with E-state index in [-0.39, 0.29) is 10.9 Å². The van der Waals surface area contributed by atoms with Crippen LogP contribution in [0, 0.1) is 10.1 Å². The molecule has 0 aliphatic carbocycles. The van der Waals surface area contributed by atoms with Crippen molar-refractivity contribution in [1.29, 1.82) is 0 Å². The summed E-state index contributed by atoms with van der Waals surface area (Å²) in [5, 5.41) is 14.6. The predicted molar refractivity (Wildman–Crippen MR) is 93.7 cm³/mol. The lowest BCUT2D eigenvalue weighted by atomic mass is 10.2. The lowest BCUT2D eigenvalue weighted by molar-refractivity contribution is -0.384. The molecular weight excluding hydrogens is 383 g/mol. The summed E-state index contributed by atoms with van der Waals surface area (Å²) in [6, 6.07) is 13.8. The SMILES string of the molecule is O=[N+]([O-])c1ccc(C(Cl)=NN(c2ccccc2)P(=O)(Cl)Cl)cc1. The van der Waals surface area contributed by atoms with Crippen LogP contribution in [0.15, 0.2) is 59.7 Å². The molecule has 0 fully saturated rings. The minimum absolute atomic E-state index is 0.0646. The van der Waals surface area contributed by atoms with Crippen molar-refractivity contribution >= 4 is 56.6 Å². The van der Waals surface area contributed by atoms with Gasteiger partial charge in [0.25, 0.3) is 5.69 Å². The Hall–Kier alpha value is -1.59. The average Bonchev–Trinajstić information content (AvgIpc) is 2.52. The van der Waals surface area contributed by atoms with Gasteiger partial charge in [0.15, 0.2) is 5.17 Å². The molecular formula is C13H9Cl3N3O3P. The van der Waals surface area contributed by atoms with Crippen LogP contribution >= 0.6 is 40.1 Å². The van der Waals surface area contributed by atoms with Crippen LogP contribution in [0.2, 0.25) is 0 Å². The number of hydrazone groups is 1. The maximum Gasteiger partial charge on any atom is 0.365 e. The highest BCUT2D eigenvalue weighted by molar-refractivity contribution is 8.09. The number of nitrogens with zero attached hydrogens (tertiary/aromatic N) is 3. The average molecular weight is 393 g/mol. The van der Waals surface area contributed by atoms with Crippen molar-refractivity contribution in [3.05, 3.63) is 70.3 Å². The van der Waals surface area contributed by atoms with Gasteiger partial charge in [-0.2, -0.15) is 9.88 Å². The largest absolute Gasteiger partial charge is 0.365 e. The Morgan fingerprint density at radius 3 is 2.13 bits per heavy atom. The summed E-state index contributed by atoms with van der Waals surface area (Å²) < 4.78 is 12.9. The van der Waals surface area contributed by atoms with E-state index in [1.54, 1.807) is 30.3 Å². The van der Waals surface area contributed by atoms with Gasteiger partial charge in [-0.1, -0.05) is 29.8 Å². The Labute approximate surface area is 146 Å². The van der Waals surface area contributed by atoms with E-state index >= 15 is 0 Å². The standard InChI is InChI=1S/C13H9Cl3N3O3P/c14-13(10-6-8-12(9-7-10)19(20)21)17-18(23(15,16)22)11-4-2-1-3-5-11/h1-9H. The van der Waals surface area contributed by atoms with Crippen LogP contribution in [0.3, 0.4) is 0 Å². The fourth-order valence-electron chi connectivity index (χ4n) is 1.67. The first-order chi connectivity index (χ1) is 10.8. The highest BCUT2D eigenvalue weighted by atomic mass is 35.9. The van der Waals surface area contributed by atoms with E-state index in [9.17, 15) is 14.7 Å². The monoisotopic (exact) mass is 391 g/mol. The molecule has 0 saturated heterocycles. The molecule has 0 amide bonds. The smallest absolute Gasteiger partial charge is 0.262 e. The van der Waals surface area contributed by atoms with Crippen molar-refractivity contribution in [1.82, 2.24) is 0 Å². The van der Waals surface area contributed by atoms with Gasteiger partial charge in [0.1, 0.15) is 0 Å². The van der Waals surface area contributed by atoms with Crippen LogP contribution in [0.4, 0.5) is 11.4 Å². The molecule has 0 N–H and O–H groups in total. The zero-order chi connectivity index (χ0) is 17.0. The molecule has 0 saturated carbocycles. The molecule has 0 radical (unpaired) electrons. The van der Waals surface area contributed by atoms with Gasteiger partial charge in [-0.3, -0.25) is 14.7 Å². The highest BCUT2D eigenvalue weighted by Gasteiger charge is 2.26. The van der Waals surface area contributed by atoms with Gasteiger partial charge in [0.2, 0.25) is 0 Å². The van der Waals surface area contributed by atoms with Crippen molar-refractivity contribution in [2.24, 2.45) is 5.10 Å². The summed E-state index contributed by atoms with van der Waals surface area (Å²) in [4.78, 5) is 10.1. The second-order valence-corrected chi connectivity index (χ2v) is 9.13. The van der Waals surface area contributed by atoms with Gasteiger partial charge in [-0.25, -0.2) is 0 Å². The molecule has 23 heavy (non-hydrogen) atoms. The van der Waals surface area contributed by atoms with Gasteiger partial charge in [-0.05, 0) is 46.7 Å². The molecule has 0 heterocycles. The van der Waals surface area contributed by atoms with Gasteiger partial charge in [0, 0.05) is 17.7 Å². The number of halogens is 3. The van der Waals surface area contributed by atoms with Crippen LogP contribution in [0.25, 0.3) is 0 Å². The van der Waals surface area contributed by atoms with Crippen molar-refractivity contribution in [3.8, 4) is 0 Å². The number of rotatable bonds is 5. The van der Waals surface area contributed by atoms with Crippen LogP contribution < -0.4 is 4.78 Å².